The van der Waals surface area contributed by atoms with E-state index in [9.17, 15) is 4.79 Å². The van der Waals surface area contributed by atoms with Gasteiger partial charge in [-0.15, -0.1) is 11.3 Å². The maximum Gasteiger partial charge on any atom is 0.349 e. The molecule has 0 saturated heterocycles. The third-order valence-corrected chi connectivity index (χ3v) is 3.76. The first-order valence-corrected chi connectivity index (χ1v) is 6.88. The van der Waals surface area contributed by atoms with Crippen molar-refractivity contribution in [3.8, 4) is 5.75 Å². The summed E-state index contributed by atoms with van der Waals surface area (Å²) in [5, 5.41) is 13.2. The van der Waals surface area contributed by atoms with Crippen LogP contribution in [0.25, 0.3) is 0 Å². The molecule has 0 aliphatic heterocycles. The Bertz CT molecular complexity index is 574. The second kappa shape index (κ2) is 5.88. The van der Waals surface area contributed by atoms with E-state index in [2.05, 4.69) is 12.0 Å². The number of carboxylic acid groups (broad SMARTS) is 1. The Balaban J connectivity index is 2.11. The highest BCUT2D eigenvalue weighted by Crippen LogP contribution is 2.30. The summed E-state index contributed by atoms with van der Waals surface area (Å²) < 4.78 is 7.29. The van der Waals surface area contributed by atoms with Crippen LogP contribution in [-0.2, 0) is 20.1 Å². The molecule has 0 aliphatic carbocycles. The van der Waals surface area contributed by atoms with E-state index in [1.54, 1.807) is 10.9 Å². The fourth-order valence-electron chi connectivity index (χ4n) is 1.76. The largest absolute Gasteiger partial charge is 0.487 e. The molecule has 2 heterocycles. The SMILES string of the molecule is CCCc1cc(OCc2cnn(C)c2)c(C(=O)O)s1. The van der Waals surface area contributed by atoms with Crippen molar-refractivity contribution in [2.24, 2.45) is 7.05 Å². The molecule has 0 bridgehead atoms. The second-order valence-corrected chi connectivity index (χ2v) is 5.41. The topological polar surface area (TPSA) is 64.4 Å². The van der Waals surface area contributed by atoms with Gasteiger partial charge in [0.25, 0.3) is 0 Å². The first-order chi connectivity index (χ1) is 9.10. The van der Waals surface area contributed by atoms with Crippen molar-refractivity contribution in [3.63, 3.8) is 0 Å². The van der Waals surface area contributed by atoms with E-state index in [0.29, 0.717) is 12.4 Å². The third kappa shape index (κ3) is 3.35. The molecule has 0 unspecified atom stereocenters. The number of aryl methyl sites for hydroxylation is 2. The number of aromatic nitrogens is 2. The highest BCUT2D eigenvalue weighted by Gasteiger charge is 2.16. The molecule has 0 atom stereocenters. The Morgan fingerprint density at radius 2 is 2.37 bits per heavy atom. The number of hydrogen-bond donors (Lipinski definition) is 1. The third-order valence-electron chi connectivity index (χ3n) is 2.59. The highest BCUT2D eigenvalue weighted by molar-refractivity contribution is 7.14. The molecule has 0 amide bonds. The fraction of sp³-hybridized carbons (Fsp3) is 0.385. The van der Waals surface area contributed by atoms with Crippen molar-refractivity contribution in [2.45, 2.75) is 26.4 Å². The summed E-state index contributed by atoms with van der Waals surface area (Å²) >= 11 is 1.29. The van der Waals surface area contributed by atoms with Crippen molar-refractivity contribution in [1.82, 2.24) is 9.78 Å². The average Bonchev–Trinajstić information content (AvgIpc) is 2.93. The van der Waals surface area contributed by atoms with Gasteiger partial charge >= 0.3 is 5.97 Å². The van der Waals surface area contributed by atoms with Gasteiger partial charge in [0.15, 0.2) is 4.88 Å². The van der Waals surface area contributed by atoms with Crippen LogP contribution in [0.1, 0.15) is 33.5 Å². The lowest BCUT2D eigenvalue weighted by atomic mass is 10.3. The number of rotatable bonds is 6. The number of carbonyl (C=O) groups is 1. The lowest BCUT2D eigenvalue weighted by Crippen LogP contribution is -1.99. The van der Waals surface area contributed by atoms with Crippen LogP contribution in [0, 0.1) is 0 Å². The van der Waals surface area contributed by atoms with E-state index in [1.807, 2.05) is 19.3 Å². The zero-order valence-electron chi connectivity index (χ0n) is 10.9. The molecule has 0 aliphatic rings. The molecule has 1 N–H and O–H groups in total. The fourth-order valence-corrected chi connectivity index (χ4v) is 2.80. The van der Waals surface area contributed by atoms with E-state index < -0.39 is 5.97 Å². The molecule has 19 heavy (non-hydrogen) atoms. The summed E-state index contributed by atoms with van der Waals surface area (Å²) in [5.41, 5.74) is 0.919. The normalized spacial score (nSPS) is 10.6. The molecule has 0 fully saturated rings. The zero-order valence-corrected chi connectivity index (χ0v) is 11.7. The molecule has 5 nitrogen and oxygen atoms in total. The highest BCUT2D eigenvalue weighted by atomic mass is 32.1. The van der Waals surface area contributed by atoms with Crippen LogP contribution >= 0.6 is 11.3 Å². The van der Waals surface area contributed by atoms with Gasteiger partial charge in [-0.2, -0.15) is 5.10 Å². The van der Waals surface area contributed by atoms with E-state index in [4.69, 9.17) is 9.84 Å². The van der Waals surface area contributed by atoms with Gasteiger partial charge in [0.2, 0.25) is 0 Å². The van der Waals surface area contributed by atoms with Crippen LogP contribution < -0.4 is 4.74 Å². The minimum absolute atomic E-state index is 0.271. The van der Waals surface area contributed by atoms with Crippen molar-refractivity contribution in [1.29, 1.82) is 0 Å². The van der Waals surface area contributed by atoms with Crippen LogP contribution in [0.4, 0.5) is 0 Å². The van der Waals surface area contributed by atoms with Gasteiger partial charge < -0.3 is 9.84 Å². The van der Waals surface area contributed by atoms with Gasteiger partial charge in [-0.05, 0) is 12.5 Å². The van der Waals surface area contributed by atoms with Crippen molar-refractivity contribution >= 4 is 17.3 Å². The van der Waals surface area contributed by atoms with Crippen LogP contribution in [0.5, 0.6) is 5.75 Å². The molecular weight excluding hydrogens is 264 g/mol. The van der Waals surface area contributed by atoms with Gasteiger partial charge in [0.1, 0.15) is 12.4 Å². The van der Waals surface area contributed by atoms with Crippen molar-refractivity contribution < 1.29 is 14.6 Å². The lowest BCUT2D eigenvalue weighted by Gasteiger charge is -2.02. The van der Waals surface area contributed by atoms with Crippen molar-refractivity contribution in [2.75, 3.05) is 0 Å². The number of nitrogens with zero attached hydrogens (tertiary/aromatic N) is 2. The molecule has 6 heteroatoms. The maximum absolute atomic E-state index is 11.2. The van der Waals surface area contributed by atoms with E-state index in [0.717, 1.165) is 23.3 Å². The predicted octanol–water partition coefficient (Wildman–Crippen LogP) is 2.71. The monoisotopic (exact) mass is 280 g/mol. The number of thiophene rings is 1. The van der Waals surface area contributed by atoms with Gasteiger partial charge in [-0.3, -0.25) is 4.68 Å². The van der Waals surface area contributed by atoms with Crippen LogP contribution in [0.2, 0.25) is 0 Å². The smallest absolute Gasteiger partial charge is 0.349 e. The summed E-state index contributed by atoms with van der Waals surface area (Å²) in [6.45, 7) is 2.40. The standard InChI is InChI=1S/C13H16N2O3S/c1-3-4-10-5-11(12(19-10)13(16)17)18-8-9-6-14-15(2)7-9/h5-7H,3-4,8H2,1-2H3,(H,16,17). The Hall–Kier alpha value is -1.82. The molecule has 0 aromatic carbocycles. The van der Waals surface area contributed by atoms with E-state index in [-0.39, 0.29) is 4.88 Å². The zero-order chi connectivity index (χ0) is 13.8. The number of ether oxygens (including phenoxy) is 1. The van der Waals surface area contributed by atoms with Gasteiger partial charge in [0.05, 0.1) is 6.20 Å². The summed E-state index contributed by atoms with van der Waals surface area (Å²) in [4.78, 5) is 12.5. The second-order valence-electron chi connectivity index (χ2n) is 4.27. The van der Waals surface area contributed by atoms with E-state index >= 15 is 0 Å². The van der Waals surface area contributed by atoms with E-state index in [1.165, 1.54) is 11.3 Å². The Morgan fingerprint density at radius 3 is 2.95 bits per heavy atom. The van der Waals surface area contributed by atoms with Crippen LogP contribution in [0.3, 0.4) is 0 Å². The first-order valence-electron chi connectivity index (χ1n) is 6.06. The first kappa shape index (κ1) is 13.6. The predicted molar refractivity (Wildman–Crippen MR) is 72.8 cm³/mol. The van der Waals surface area contributed by atoms with Gasteiger partial charge in [-0.1, -0.05) is 13.3 Å². The number of carboxylic acids is 1. The minimum Gasteiger partial charge on any atom is -0.487 e. The molecule has 0 spiro atoms. The average molecular weight is 280 g/mol. The summed E-state index contributed by atoms with van der Waals surface area (Å²) in [5.74, 6) is -0.488. The molecule has 0 radical (unpaired) electrons. The molecule has 2 aromatic heterocycles. The van der Waals surface area contributed by atoms with Crippen LogP contribution in [0.15, 0.2) is 18.5 Å². The molecular formula is C13H16N2O3S. The molecule has 2 rings (SSSR count). The number of aromatic carboxylic acids is 1. The van der Waals surface area contributed by atoms with Gasteiger partial charge in [-0.25, -0.2) is 4.79 Å². The van der Waals surface area contributed by atoms with Crippen LogP contribution in [-0.4, -0.2) is 20.9 Å². The van der Waals surface area contributed by atoms with Gasteiger partial charge in [0, 0.05) is 23.7 Å². The quantitative estimate of drug-likeness (QED) is 0.883. The van der Waals surface area contributed by atoms with Crippen molar-refractivity contribution in [3.05, 3.63) is 33.8 Å². The lowest BCUT2D eigenvalue weighted by molar-refractivity contribution is 0.0697. The Kier molecular flexibility index (Phi) is 4.21. The molecule has 2 aromatic rings. The Labute approximate surface area is 115 Å². The summed E-state index contributed by atoms with van der Waals surface area (Å²) in [7, 11) is 1.83. The number of hydrogen-bond acceptors (Lipinski definition) is 4. The minimum atomic E-state index is -0.937. The molecule has 102 valence electrons. The molecule has 0 saturated carbocycles. The summed E-state index contributed by atoms with van der Waals surface area (Å²) in [6, 6.07) is 1.83. The summed E-state index contributed by atoms with van der Waals surface area (Å²) in [6.07, 6.45) is 5.42. The maximum atomic E-state index is 11.2. The Morgan fingerprint density at radius 1 is 1.58 bits per heavy atom.